The van der Waals surface area contributed by atoms with Gasteiger partial charge in [-0.05, 0) is 46.6 Å². The van der Waals surface area contributed by atoms with Gasteiger partial charge in [0.2, 0.25) is 5.78 Å². The molecule has 0 saturated heterocycles. The van der Waals surface area contributed by atoms with Crippen LogP contribution in [0.3, 0.4) is 0 Å². The first-order chi connectivity index (χ1) is 9.15. The Morgan fingerprint density at radius 1 is 1.37 bits per heavy atom. The second-order valence-corrected chi connectivity index (χ2v) is 6.67. The molecule has 3 nitrogen and oxygen atoms in total. The van der Waals surface area contributed by atoms with Crippen LogP contribution in [0.5, 0.6) is 11.5 Å². The fourth-order valence-electron chi connectivity index (χ4n) is 1.89. The van der Waals surface area contributed by atoms with Gasteiger partial charge in [-0.25, -0.2) is 0 Å². The minimum Gasteiger partial charge on any atom is -0.485 e. The van der Waals surface area contributed by atoms with Crippen molar-refractivity contribution in [3.63, 3.8) is 0 Å². The third kappa shape index (κ3) is 2.40. The van der Waals surface area contributed by atoms with E-state index in [1.165, 1.54) is 11.3 Å². The molecule has 0 saturated carbocycles. The van der Waals surface area contributed by atoms with Crippen LogP contribution in [0.4, 0.5) is 0 Å². The highest BCUT2D eigenvalue weighted by atomic mass is 79.9. The Morgan fingerprint density at radius 2 is 2.11 bits per heavy atom. The van der Waals surface area contributed by atoms with E-state index in [1.54, 1.807) is 0 Å². The van der Waals surface area contributed by atoms with Crippen LogP contribution < -0.4 is 9.47 Å². The summed E-state index contributed by atoms with van der Waals surface area (Å²) in [7, 11) is 0. The number of hydrogen-bond acceptors (Lipinski definition) is 4. The van der Waals surface area contributed by atoms with Crippen LogP contribution in [0, 0.1) is 6.92 Å². The summed E-state index contributed by atoms with van der Waals surface area (Å²) in [4.78, 5) is 13.1. The van der Waals surface area contributed by atoms with E-state index in [0.29, 0.717) is 16.4 Å². The molecule has 1 aromatic heterocycles. The fraction of sp³-hybridized carbons (Fsp3) is 0.214. The first-order valence-corrected chi connectivity index (χ1v) is 7.45. The van der Waals surface area contributed by atoms with E-state index in [1.807, 2.05) is 37.3 Å². The van der Waals surface area contributed by atoms with E-state index < -0.39 is 6.10 Å². The number of rotatable bonds is 2. The number of ether oxygens (including phenoxy) is 2. The molecule has 19 heavy (non-hydrogen) atoms. The molecule has 5 heteroatoms. The Balaban J connectivity index is 1.83. The summed E-state index contributed by atoms with van der Waals surface area (Å²) >= 11 is 4.86. The predicted octanol–water partition coefficient (Wildman–Crippen LogP) is 3.84. The van der Waals surface area contributed by atoms with E-state index in [9.17, 15) is 4.79 Å². The van der Waals surface area contributed by atoms with Crippen LogP contribution in [0.1, 0.15) is 15.2 Å². The van der Waals surface area contributed by atoms with Crippen molar-refractivity contribution in [1.29, 1.82) is 0 Å². The Hall–Kier alpha value is -1.33. The van der Waals surface area contributed by atoms with Crippen LogP contribution in [-0.2, 0) is 0 Å². The molecule has 0 bridgehead atoms. The van der Waals surface area contributed by atoms with Crippen molar-refractivity contribution < 1.29 is 14.3 Å². The Labute approximate surface area is 123 Å². The summed E-state index contributed by atoms with van der Waals surface area (Å²) in [6.07, 6.45) is -0.570. The highest BCUT2D eigenvalue weighted by Gasteiger charge is 2.29. The molecule has 1 aliphatic rings. The van der Waals surface area contributed by atoms with Gasteiger partial charge in [-0.2, -0.15) is 0 Å². The lowest BCUT2D eigenvalue weighted by Crippen LogP contribution is -2.36. The molecule has 1 aromatic carbocycles. The number of carbonyl (C=O) groups is 1. The number of Topliss-reactive ketones (excluding diaryl/α,β-unsaturated/α-hetero) is 1. The maximum atomic E-state index is 12.4. The number of carbonyl (C=O) groups excluding carboxylic acids is 1. The van der Waals surface area contributed by atoms with E-state index in [0.717, 1.165) is 9.35 Å². The number of thiophene rings is 1. The number of halogens is 1. The Morgan fingerprint density at radius 3 is 2.79 bits per heavy atom. The minimum absolute atomic E-state index is 0.0340. The lowest BCUT2D eigenvalue weighted by Gasteiger charge is -2.25. The maximum Gasteiger partial charge on any atom is 0.216 e. The maximum absolute atomic E-state index is 12.4. The molecule has 0 spiro atoms. The molecule has 0 amide bonds. The normalized spacial score (nSPS) is 17.3. The molecule has 1 unspecified atom stereocenters. The van der Waals surface area contributed by atoms with E-state index in [-0.39, 0.29) is 12.4 Å². The number of ketones is 1. The fourth-order valence-corrected chi connectivity index (χ4v) is 3.41. The first-order valence-electron chi connectivity index (χ1n) is 5.84. The number of aryl methyl sites for hydroxylation is 1. The van der Waals surface area contributed by atoms with Crippen LogP contribution >= 0.6 is 27.3 Å². The van der Waals surface area contributed by atoms with Crippen molar-refractivity contribution in [3.05, 3.63) is 44.6 Å². The van der Waals surface area contributed by atoms with Crippen LogP contribution in [-0.4, -0.2) is 18.5 Å². The Bertz CT molecular complexity index is 616. The molecule has 1 aliphatic heterocycles. The third-order valence-corrected chi connectivity index (χ3v) is 5.05. The van der Waals surface area contributed by atoms with Crippen LogP contribution in [0.15, 0.2) is 34.1 Å². The lowest BCUT2D eigenvalue weighted by atomic mass is 10.1. The zero-order valence-corrected chi connectivity index (χ0v) is 12.6. The summed E-state index contributed by atoms with van der Waals surface area (Å²) in [6, 6.07) is 9.26. The second kappa shape index (κ2) is 4.98. The van der Waals surface area contributed by atoms with Gasteiger partial charge in [0.1, 0.15) is 6.61 Å². The molecule has 2 aromatic rings. The molecular formula is C14H11BrO3S. The van der Waals surface area contributed by atoms with Crippen molar-refractivity contribution in [2.75, 3.05) is 6.61 Å². The standard InChI is InChI=1S/C14H11BrO3S/c1-8-6-12(19-14(8)15)13(16)11-7-17-9-4-2-3-5-10(9)18-11/h2-6,11H,7H2,1H3. The van der Waals surface area contributed by atoms with E-state index in [4.69, 9.17) is 9.47 Å². The molecule has 98 valence electrons. The van der Waals surface area contributed by atoms with Crippen molar-refractivity contribution in [1.82, 2.24) is 0 Å². The lowest BCUT2D eigenvalue weighted by molar-refractivity contribution is 0.0590. The SMILES string of the molecule is Cc1cc(C(=O)C2COc3ccccc3O2)sc1Br. The summed E-state index contributed by atoms with van der Waals surface area (Å²) in [5.74, 6) is 1.28. The molecule has 0 radical (unpaired) electrons. The molecule has 0 fully saturated rings. The average molecular weight is 339 g/mol. The molecule has 2 heterocycles. The largest absolute Gasteiger partial charge is 0.485 e. The summed E-state index contributed by atoms with van der Waals surface area (Å²) in [5, 5.41) is 0. The summed E-state index contributed by atoms with van der Waals surface area (Å²) in [6.45, 7) is 2.22. The van der Waals surface area contributed by atoms with Crippen molar-refractivity contribution in [3.8, 4) is 11.5 Å². The molecular weight excluding hydrogens is 328 g/mol. The molecule has 1 atom stereocenters. The summed E-state index contributed by atoms with van der Waals surface area (Å²) < 4.78 is 12.3. The summed E-state index contributed by atoms with van der Waals surface area (Å²) in [5.41, 5.74) is 1.06. The molecule has 0 N–H and O–H groups in total. The zero-order valence-electron chi connectivity index (χ0n) is 10.2. The van der Waals surface area contributed by atoms with E-state index in [2.05, 4.69) is 15.9 Å². The van der Waals surface area contributed by atoms with Gasteiger partial charge in [0, 0.05) is 0 Å². The highest BCUT2D eigenvalue weighted by Crippen LogP contribution is 2.33. The van der Waals surface area contributed by atoms with E-state index >= 15 is 0 Å². The number of para-hydroxylation sites is 2. The number of benzene rings is 1. The predicted molar refractivity (Wildman–Crippen MR) is 77.4 cm³/mol. The number of fused-ring (bicyclic) bond motifs is 1. The minimum atomic E-state index is -0.570. The van der Waals surface area contributed by atoms with Crippen molar-refractivity contribution in [2.24, 2.45) is 0 Å². The Kier molecular flexibility index (Phi) is 3.33. The number of hydrogen-bond donors (Lipinski definition) is 0. The van der Waals surface area contributed by atoms with Gasteiger partial charge in [-0.1, -0.05) is 12.1 Å². The topological polar surface area (TPSA) is 35.5 Å². The van der Waals surface area contributed by atoms with Gasteiger partial charge >= 0.3 is 0 Å². The quantitative estimate of drug-likeness (QED) is 0.780. The third-order valence-electron chi connectivity index (χ3n) is 2.90. The van der Waals surface area contributed by atoms with Gasteiger partial charge < -0.3 is 9.47 Å². The highest BCUT2D eigenvalue weighted by molar-refractivity contribution is 9.11. The second-order valence-electron chi connectivity index (χ2n) is 4.30. The molecule has 3 rings (SSSR count). The first kappa shape index (κ1) is 12.7. The van der Waals surface area contributed by atoms with Crippen LogP contribution in [0.25, 0.3) is 0 Å². The zero-order chi connectivity index (χ0) is 13.4. The average Bonchev–Trinajstić information content (AvgIpc) is 2.77. The molecule has 0 aliphatic carbocycles. The van der Waals surface area contributed by atoms with Gasteiger partial charge in [0.25, 0.3) is 0 Å². The van der Waals surface area contributed by atoms with Crippen LogP contribution in [0.2, 0.25) is 0 Å². The monoisotopic (exact) mass is 338 g/mol. The van der Waals surface area contributed by atoms with Gasteiger partial charge in [-0.3, -0.25) is 4.79 Å². The van der Waals surface area contributed by atoms with Gasteiger partial charge in [0.15, 0.2) is 17.6 Å². The van der Waals surface area contributed by atoms with Gasteiger partial charge in [0.05, 0.1) is 8.66 Å². The van der Waals surface area contributed by atoms with Crippen molar-refractivity contribution >= 4 is 33.0 Å². The van der Waals surface area contributed by atoms with Gasteiger partial charge in [-0.15, -0.1) is 11.3 Å². The van der Waals surface area contributed by atoms with Crippen molar-refractivity contribution in [2.45, 2.75) is 13.0 Å². The smallest absolute Gasteiger partial charge is 0.216 e.